The van der Waals surface area contributed by atoms with Crippen molar-refractivity contribution in [2.45, 2.75) is 32.3 Å². The van der Waals surface area contributed by atoms with Gasteiger partial charge < -0.3 is 15.3 Å². The average molecular weight is 409 g/mol. The molecule has 4 rings (SSSR count). The predicted molar refractivity (Wildman–Crippen MR) is 114 cm³/mol. The minimum Gasteiger partial charge on any atom is -0.389 e. The number of likely N-dealkylation sites (tertiary alicyclic amines) is 1. The highest BCUT2D eigenvalue weighted by Gasteiger charge is 2.27. The summed E-state index contributed by atoms with van der Waals surface area (Å²) in [5, 5.41) is 22.8. The van der Waals surface area contributed by atoms with Gasteiger partial charge in [0.2, 0.25) is 5.91 Å². The highest BCUT2D eigenvalue weighted by atomic mass is 16.3. The number of pyridine rings is 2. The van der Waals surface area contributed by atoms with Crippen molar-refractivity contribution in [3.63, 3.8) is 0 Å². The Morgan fingerprint density at radius 3 is 2.57 bits per heavy atom. The molecule has 0 aromatic carbocycles. The summed E-state index contributed by atoms with van der Waals surface area (Å²) in [5.74, 6) is 0.476. The molecule has 0 atom stereocenters. The van der Waals surface area contributed by atoms with Gasteiger partial charge in [0.15, 0.2) is 0 Å². The zero-order chi connectivity index (χ0) is 21.3. The molecule has 0 bridgehead atoms. The lowest BCUT2D eigenvalue weighted by Gasteiger charge is -2.34. The quantitative estimate of drug-likeness (QED) is 0.662. The zero-order valence-corrected chi connectivity index (χ0v) is 17.5. The fourth-order valence-corrected chi connectivity index (χ4v) is 3.84. The fraction of sp³-hybridized carbons (Fsp3) is 0.476. The van der Waals surface area contributed by atoms with Crippen molar-refractivity contribution >= 4 is 22.5 Å². The van der Waals surface area contributed by atoms with Crippen LogP contribution in [-0.2, 0) is 11.8 Å². The molecule has 4 heterocycles. The van der Waals surface area contributed by atoms with Gasteiger partial charge >= 0.3 is 0 Å². The third-order valence-corrected chi connectivity index (χ3v) is 5.29. The number of aromatic nitrogens is 5. The second-order valence-corrected chi connectivity index (χ2v) is 8.62. The first-order chi connectivity index (χ1) is 14.3. The van der Waals surface area contributed by atoms with Gasteiger partial charge in [0, 0.05) is 37.3 Å². The number of carbonyl (C=O) groups is 1. The van der Waals surface area contributed by atoms with Gasteiger partial charge in [-0.1, -0.05) is 5.21 Å². The first-order valence-corrected chi connectivity index (χ1v) is 10.1. The van der Waals surface area contributed by atoms with Crippen LogP contribution in [-0.4, -0.2) is 66.1 Å². The molecule has 0 saturated carbocycles. The van der Waals surface area contributed by atoms with Crippen LogP contribution in [0.15, 0.2) is 30.7 Å². The summed E-state index contributed by atoms with van der Waals surface area (Å²) < 4.78 is 1.63. The molecule has 1 amide bonds. The van der Waals surface area contributed by atoms with Crippen molar-refractivity contribution in [3.05, 3.63) is 30.7 Å². The average Bonchev–Trinajstić information content (AvgIpc) is 3.13. The smallest absolute Gasteiger partial charge is 0.228 e. The minimum atomic E-state index is -0.719. The summed E-state index contributed by atoms with van der Waals surface area (Å²) in [6, 6.07) is 3.78. The third-order valence-electron chi connectivity index (χ3n) is 5.29. The van der Waals surface area contributed by atoms with Crippen LogP contribution >= 0.6 is 0 Å². The molecule has 30 heavy (non-hydrogen) atoms. The molecule has 1 saturated heterocycles. The van der Waals surface area contributed by atoms with Gasteiger partial charge in [-0.15, -0.1) is 5.10 Å². The van der Waals surface area contributed by atoms with Gasteiger partial charge in [-0.05, 0) is 57.3 Å². The third kappa shape index (κ3) is 4.80. The van der Waals surface area contributed by atoms with Crippen LogP contribution < -0.4 is 5.32 Å². The van der Waals surface area contributed by atoms with Crippen molar-refractivity contribution in [3.8, 4) is 11.4 Å². The molecule has 9 nitrogen and oxygen atoms in total. The lowest BCUT2D eigenvalue weighted by Crippen LogP contribution is -2.44. The fourth-order valence-electron chi connectivity index (χ4n) is 3.84. The normalized spacial score (nSPS) is 16.1. The number of amides is 1. The summed E-state index contributed by atoms with van der Waals surface area (Å²) in [7, 11) is 1.81. The number of rotatable bonds is 5. The molecule has 0 unspecified atom stereocenters. The molecule has 0 aliphatic carbocycles. The minimum absolute atomic E-state index is 0.00651. The number of β-amino-alcohol motifs (C(OH)–C–C–N with tert-alkyl or cyclic N) is 1. The van der Waals surface area contributed by atoms with Gasteiger partial charge in [-0.3, -0.25) is 14.5 Å². The first kappa shape index (κ1) is 20.4. The highest BCUT2D eigenvalue weighted by Crippen LogP contribution is 2.24. The number of aryl methyl sites for hydroxylation is 1. The van der Waals surface area contributed by atoms with Gasteiger partial charge in [-0.2, -0.15) is 0 Å². The monoisotopic (exact) mass is 409 g/mol. The molecule has 3 aromatic rings. The van der Waals surface area contributed by atoms with E-state index >= 15 is 0 Å². The molecule has 158 valence electrons. The second kappa shape index (κ2) is 8.08. The first-order valence-electron chi connectivity index (χ1n) is 10.1. The summed E-state index contributed by atoms with van der Waals surface area (Å²) in [6.07, 6.45) is 6.81. The summed E-state index contributed by atoms with van der Waals surface area (Å²) >= 11 is 0. The number of carbonyl (C=O) groups excluding carboxylic acids is 1. The van der Waals surface area contributed by atoms with E-state index < -0.39 is 5.60 Å². The molecule has 0 spiro atoms. The van der Waals surface area contributed by atoms with Crippen molar-refractivity contribution in [1.82, 2.24) is 29.9 Å². The van der Waals surface area contributed by atoms with E-state index in [1.54, 1.807) is 17.1 Å². The van der Waals surface area contributed by atoms with Crippen LogP contribution in [0.2, 0.25) is 0 Å². The number of hydrogen-bond donors (Lipinski definition) is 2. The van der Waals surface area contributed by atoms with E-state index in [0.29, 0.717) is 18.1 Å². The van der Waals surface area contributed by atoms with Crippen molar-refractivity contribution in [1.29, 1.82) is 0 Å². The van der Waals surface area contributed by atoms with Crippen LogP contribution in [0, 0.1) is 5.92 Å². The number of nitrogens with zero attached hydrogens (tertiary/aromatic N) is 6. The Hall–Kier alpha value is -2.91. The largest absolute Gasteiger partial charge is 0.389 e. The van der Waals surface area contributed by atoms with E-state index in [4.69, 9.17) is 0 Å². The van der Waals surface area contributed by atoms with E-state index in [-0.39, 0.29) is 11.8 Å². The molecule has 1 aliphatic heterocycles. The van der Waals surface area contributed by atoms with Crippen molar-refractivity contribution < 1.29 is 9.90 Å². The highest BCUT2D eigenvalue weighted by molar-refractivity contribution is 5.94. The second-order valence-electron chi connectivity index (χ2n) is 8.62. The molecular formula is C21H27N7O2. The molecule has 2 N–H and O–H groups in total. The molecule has 1 fully saturated rings. The lowest BCUT2D eigenvalue weighted by molar-refractivity contribution is -0.121. The lowest BCUT2D eigenvalue weighted by atomic mass is 9.95. The topological polar surface area (TPSA) is 109 Å². The standard InChI is InChI=1S/C21H27N7O2/c1-21(2,30)13-28-6-4-14(5-7-28)20(29)24-19-9-15-8-17(18-12-27(3)26-25-18)22-10-16(15)11-23-19/h8-12,14,30H,4-7,13H2,1-3H3,(H,23,24,29). The Labute approximate surface area is 175 Å². The molecular weight excluding hydrogens is 382 g/mol. The van der Waals surface area contributed by atoms with E-state index in [1.807, 2.05) is 39.2 Å². The number of fused-ring (bicyclic) bond motifs is 1. The Balaban J connectivity index is 1.43. The van der Waals surface area contributed by atoms with Crippen molar-refractivity contribution in [2.75, 3.05) is 25.0 Å². The van der Waals surface area contributed by atoms with E-state index in [0.717, 1.165) is 42.4 Å². The SMILES string of the molecule is Cn1cc(-c2cc3cc(NC(=O)C4CCN(CC(C)(C)O)CC4)ncc3cn2)nn1. The Bertz CT molecular complexity index is 1050. The van der Waals surface area contributed by atoms with E-state index in [1.165, 1.54) is 0 Å². The van der Waals surface area contributed by atoms with Crippen LogP contribution in [0.5, 0.6) is 0 Å². The molecule has 1 aliphatic rings. The Kier molecular flexibility index (Phi) is 5.48. The van der Waals surface area contributed by atoms with Gasteiger partial charge in [0.1, 0.15) is 11.5 Å². The number of nitrogens with one attached hydrogen (secondary N) is 1. The number of anilines is 1. The maximum Gasteiger partial charge on any atom is 0.228 e. The summed E-state index contributed by atoms with van der Waals surface area (Å²) in [6.45, 7) is 5.85. The van der Waals surface area contributed by atoms with Crippen LogP contribution in [0.4, 0.5) is 5.82 Å². The zero-order valence-electron chi connectivity index (χ0n) is 17.5. The van der Waals surface area contributed by atoms with Crippen LogP contribution in [0.25, 0.3) is 22.2 Å². The number of aliphatic hydroxyl groups is 1. The van der Waals surface area contributed by atoms with Crippen LogP contribution in [0.3, 0.4) is 0 Å². The van der Waals surface area contributed by atoms with E-state index in [2.05, 4.69) is 30.5 Å². The van der Waals surface area contributed by atoms with E-state index in [9.17, 15) is 9.90 Å². The summed E-state index contributed by atoms with van der Waals surface area (Å²) in [5.41, 5.74) is 0.696. The van der Waals surface area contributed by atoms with Gasteiger partial charge in [0.25, 0.3) is 0 Å². The predicted octanol–water partition coefficient (Wildman–Crippen LogP) is 1.85. The summed E-state index contributed by atoms with van der Waals surface area (Å²) in [4.78, 5) is 23.7. The maximum atomic E-state index is 12.7. The number of piperidine rings is 1. The van der Waals surface area contributed by atoms with Gasteiger partial charge in [-0.25, -0.2) is 4.98 Å². The molecule has 9 heteroatoms. The number of hydrogen-bond acceptors (Lipinski definition) is 7. The molecule has 0 radical (unpaired) electrons. The van der Waals surface area contributed by atoms with Crippen molar-refractivity contribution in [2.24, 2.45) is 13.0 Å². The maximum absolute atomic E-state index is 12.7. The van der Waals surface area contributed by atoms with Crippen LogP contribution in [0.1, 0.15) is 26.7 Å². The Morgan fingerprint density at radius 2 is 1.90 bits per heavy atom. The molecule has 3 aromatic heterocycles. The van der Waals surface area contributed by atoms with Gasteiger partial charge in [0.05, 0.1) is 17.5 Å². The Morgan fingerprint density at radius 1 is 1.17 bits per heavy atom.